The molecule has 1 aromatic heterocycles. The number of hydrogen-bond donors (Lipinski definition) is 2. The Morgan fingerprint density at radius 2 is 2.15 bits per heavy atom. The van der Waals surface area contributed by atoms with Crippen molar-refractivity contribution in [3.05, 3.63) is 29.3 Å². The minimum atomic E-state index is -0.782. The van der Waals surface area contributed by atoms with E-state index in [4.69, 9.17) is 5.26 Å². The second-order valence-corrected chi connectivity index (χ2v) is 7.59. The van der Waals surface area contributed by atoms with Crippen LogP contribution in [0, 0.1) is 11.3 Å². The highest BCUT2D eigenvalue weighted by molar-refractivity contribution is 6.04. The van der Waals surface area contributed by atoms with Crippen LogP contribution in [0.4, 0.5) is 16.0 Å². The Morgan fingerprint density at radius 1 is 1.44 bits per heavy atom. The summed E-state index contributed by atoms with van der Waals surface area (Å²) in [6.45, 7) is 6.75. The third-order valence-electron chi connectivity index (χ3n) is 5.40. The van der Waals surface area contributed by atoms with Gasteiger partial charge in [0.15, 0.2) is 0 Å². The summed E-state index contributed by atoms with van der Waals surface area (Å²) >= 11 is 0. The third-order valence-corrected chi connectivity index (χ3v) is 5.40. The first-order chi connectivity index (χ1) is 12.9. The van der Waals surface area contributed by atoms with Gasteiger partial charge in [0.2, 0.25) is 0 Å². The second kappa shape index (κ2) is 8.05. The highest BCUT2D eigenvalue weighted by Crippen LogP contribution is 2.36. The summed E-state index contributed by atoms with van der Waals surface area (Å²) in [7, 11) is 1.67. The van der Waals surface area contributed by atoms with E-state index in [1.54, 1.807) is 20.0 Å². The first kappa shape index (κ1) is 19.3. The summed E-state index contributed by atoms with van der Waals surface area (Å²) in [5.74, 6) is 2.04. The van der Waals surface area contributed by atoms with Crippen molar-refractivity contribution in [1.82, 2.24) is 10.3 Å². The number of piperidine rings is 1. The van der Waals surface area contributed by atoms with E-state index in [0.29, 0.717) is 30.3 Å². The molecule has 0 atom stereocenters. The SMILES string of the molecule is CN=C(/C=C(\C)C#N)Nc1cc(C2(C)CCNCC2)cc(N2CC(F)C2)n1. The first-order valence-corrected chi connectivity index (χ1v) is 9.38. The lowest BCUT2D eigenvalue weighted by Crippen LogP contribution is -2.49. The Balaban J connectivity index is 1.94. The highest BCUT2D eigenvalue weighted by atomic mass is 19.1. The van der Waals surface area contributed by atoms with Gasteiger partial charge >= 0.3 is 0 Å². The summed E-state index contributed by atoms with van der Waals surface area (Å²) < 4.78 is 13.4. The fourth-order valence-corrected chi connectivity index (χ4v) is 3.49. The average Bonchev–Trinajstić information content (AvgIpc) is 2.65. The molecular weight excluding hydrogens is 343 g/mol. The van der Waals surface area contributed by atoms with Crippen LogP contribution in [0.5, 0.6) is 0 Å². The van der Waals surface area contributed by atoms with E-state index in [9.17, 15) is 4.39 Å². The summed E-state index contributed by atoms with van der Waals surface area (Å²) in [6, 6.07) is 6.26. The van der Waals surface area contributed by atoms with E-state index in [0.717, 1.165) is 31.7 Å². The quantitative estimate of drug-likeness (QED) is 0.484. The predicted octanol–water partition coefficient (Wildman–Crippen LogP) is 2.79. The van der Waals surface area contributed by atoms with Gasteiger partial charge in [-0.25, -0.2) is 9.37 Å². The molecule has 0 unspecified atom stereocenters. The summed E-state index contributed by atoms with van der Waals surface area (Å²) in [4.78, 5) is 10.8. The zero-order valence-corrected chi connectivity index (χ0v) is 16.2. The van der Waals surface area contributed by atoms with Crippen LogP contribution >= 0.6 is 0 Å². The van der Waals surface area contributed by atoms with E-state index in [-0.39, 0.29) is 5.41 Å². The van der Waals surface area contributed by atoms with Gasteiger partial charge < -0.3 is 15.5 Å². The Bertz CT molecular complexity index is 782. The average molecular weight is 370 g/mol. The van der Waals surface area contributed by atoms with Gasteiger partial charge in [-0.1, -0.05) is 6.92 Å². The van der Waals surface area contributed by atoms with Crippen LogP contribution in [-0.2, 0) is 5.41 Å². The molecule has 0 bridgehead atoms. The first-order valence-electron chi connectivity index (χ1n) is 9.38. The van der Waals surface area contributed by atoms with E-state index in [1.165, 1.54) is 5.56 Å². The molecule has 0 spiro atoms. The van der Waals surface area contributed by atoms with Crippen LogP contribution in [0.3, 0.4) is 0 Å². The molecule has 0 radical (unpaired) electrons. The van der Waals surface area contributed by atoms with Gasteiger partial charge in [0.05, 0.1) is 19.2 Å². The number of alkyl halides is 1. The molecule has 0 aliphatic carbocycles. The number of halogens is 1. The molecule has 0 amide bonds. The minimum absolute atomic E-state index is 0.0568. The van der Waals surface area contributed by atoms with Gasteiger partial charge in [-0.15, -0.1) is 0 Å². The molecule has 6 nitrogen and oxygen atoms in total. The van der Waals surface area contributed by atoms with Gasteiger partial charge in [-0.3, -0.25) is 4.99 Å². The molecule has 7 heteroatoms. The molecule has 2 aliphatic rings. The van der Waals surface area contributed by atoms with Gasteiger partial charge in [-0.05, 0) is 62.0 Å². The van der Waals surface area contributed by atoms with Crippen LogP contribution in [0.25, 0.3) is 0 Å². The largest absolute Gasteiger partial charge is 0.351 e. The fourth-order valence-electron chi connectivity index (χ4n) is 3.49. The molecule has 2 saturated heterocycles. The summed E-state index contributed by atoms with van der Waals surface area (Å²) in [5.41, 5.74) is 1.82. The standard InChI is InChI=1S/C20H27FN6/c1-14(11-22)8-17(23-3)25-18-9-15(20(2)4-6-24-7-5-20)10-19(26-18)27-12-16(21)13-27/h8-10,16,24H,4-7,12-13H2,1-3H3,(H,23,25,26)/b14-8+. The van der Waals surface area contributed by atoms with Crippen LogP contribution in [-0.4, -0.2) is 50.2 Å². The molecule has 2 N–H and O–H groups in total. The van der Waals surface area contributed by atoms with E-state index in [2.05, 4.69) is 45.7 Å². The number of hydrogen-bond acceptors (Lipinski definition) is 5. The van der Waals surface area contributed by atoms with Crippen molar-refractivity contribution in [3.63, 3.8) is 0 Å². The summed E-state index contributed by atoms with van der Waals surface area (Å²) in [5, 5.41) is 15.6. The number of nitriles is 1. The number of anilines is 2. The van der Waals surface area contributed by atoms with Crippen molar-refractivity contribution < 1.29 is 4.39 Å². The molecule has 3 heterocycles. The fraction of sp³-hybridized carbons (Fsp3) is 0.550. The van der Waals surface area contributed by atoms with Crippen molar-refractivity contribution in [3.8, 4) is 6.07 Å². The number of rotatable bonds is 4. The van der Waals surface area contributed by atoms with Gasteiger partial charge in [0, 0.05) is 12.6 Å². The molecular formula is C20H27FN6. The van der Waals surface area contributed by atoms with Crippen molar-refractivity contribution >= 4 is 17.5 Å². The Hall–Kier alpha value is -2.46. The van der Waals surface area contributed by atoms with E-state index in [1.807, 2.05) is 4.90 Å². The van der Waals surface area contributed by atoms with Crippen LogP contribution in [0.1, 0.15) is 32.3 Å². The van der Waals surface area contributed by atoms with Crippen molar-refractivity contribution in [1.29, 1.82) is 5.26 Å². The number of nitrogens with one attached hydrogen (secondary N) is 2. The lowest BCUT2D eigenvalue weighted by Gasteiger charge is -2.38. The Morgan fingerprint density at radius 3 is 2.74 bits per heavy atom. The highest BCUT2D eigenvalue weighted by Gasteiger charge is 2.32. The normalized spacial score (nSPS) is 20.8. The van der Waals surface area contributed by atoms with Crippen LogP contribution < -0.4 is 15.5 Å². The van der Waals surface area contributed by atoms with E-state index >= 15 is 0 Å². The van der Waals surface area contributed by atoms with Gasteiger partial charge in [0.25, 0.3) is 0 Å². The molecule has 0 aromatic carbocycles. The number of pyridine rings is 1. The molecule has 0 saturated carbocycles. The minimum Gasteiger partial charge on any atom is -0.351 e. The Kier molecular flexibility index (Phi) is 5.76. The predicted molar refractivity (Wildman–Crippen MR) is 107 cm³/mol. The number of amidine groups is 1. The number of nitrogens with zero attached hydrogens (tertiary/aromatic N) is 4. The molecule has 2 aliphatic heterocycles. The maximum atomic E-state index is 13.4. The smallest absolute Gasteiger partial charge is 0.135 e. The number of aliphatic imine (C=N–C) groups is 1. The summed E-state index contributed by atoms with van der Waals surface area (Å²) in [6.07, 6.45) is 3.00. The van der Waals surface area contributed by atoms with Crippen molar-refractivity contribution in [2.24, 2.45) is 4.99 Å². The van der Waals surface area contributed by atoms with Crippen LogP contribution in [0.15, 0.2) is 28.8 Å². The van der Waals surface area contributed by atoms with Gasteiger partial charge in [-0.2, -0.15) is 5.26 Å². The topological polar surface area (TPSA) is 76.3 Å². The maximum Gasteiger partial charge on any atom is 0.135 e. The lowest BCUT2D eigenvalue weighted by molar-refractivity contribution is 0.273. The Labute approximate surface area is 160 Å². The zero-order valence-electron chi connectivity index (χ0n) is 16.2. The lowest BCUT2D eigenvalue weighted by atomic mass is 9.75. The molecule has 27 heavy (non-hydrogen) atoms. The second-order valence-electron chi connectivity index (χ2n) is 7.59. The number of allylic oxidation sites excluding steroid dienone is 1. The third kappa shape index (κ3) is 4.45. The maximum absolute atomic E-state index is 13.4. The molecule has 3 rings (SSSR count). The van der Waals surface area contributed by atoms with Gasteiger partial charge in [0.1, 0.15) is 23.6 Å². The van der Waals surface area contributed by atoms with E-state index < -0.39 is 6.17 Å². The monoisotopic (exact) mass is 370 g/mol. The zero-order chi connectivity index (χ0) is 19.4. The molecule has 2 fully saturated rings. The number of aromatic nitrogens is 1. The van der Waals surface area contributed by atoms with Crippen LogP contribution in [0.2, 0.25) is 0 Å². The molecule has 1 aromatic rings. The van der Waals surface area contributed by atoms with Crippen molar-refractivity contribution in [2.45, 2.75) is 38.3 Å². The van der Waals surface area contributed by atoms with Crippen molar-refractivity contribution in [2.75, 3.05) is 43.4 Å². The molecule has 144 valence electrons.